The van der Waals surface area contributed by atoms with E-state index < -0.39 is 10.0 Å². The van der Waals surface area contributed by atoms with Crippen LogP contribution in [-0.2, 0) is 21.4 Å². The zero-order valence-corrected chi connectivity index (χ0v) is 13.4. The average molecular weight is 314 g/mol. The molecule has 1 aromatic heterocycles. The molecule has 1 heterocycles. The lowest BCUT2D eigenvalue weighted by Gasteiger charge is -2.15. The number of furan rings is 1. The molecule has 1 fully saturated rings. The van der Waals surface area contributed by atoms with Gasteiger partial charge < -0.3 is 9.32 Å². The maximum atomic E-state index is 11.9. The van der Waals surface area contributed by atoms with Gasteiger partial charge in [-0.15, -0.1) is 0 Å². The van der Waals surface area contributed by atoms with Crippen molar-refractivity contribution in [1.82, 2.24) is 9.62 Å². The molecule has 0 saturated heterocycles. The minimum absolute atomic E-state index is 0.116. The first-order valence-corrected chi connectivity index (χ1v) is 8.92. The van der Waals surface area contributed by atoms with Crippen LogP contribution in [0.5, 0.6) is 0 Å². The second-order valence-electron chi connectivity index (χ2n) is 5.79. The number of rotatable bonds is 7. The van der Waals surface area contributed by atoms with E-state index in [1.807, 2.05) is 12.1 Å². The van der Waals surface area contributed by atoms with E-state index in [4.69, 9.17) is 4.42 Å². The molecule has 0 bridgehead atoms. The van der Waals surface area contributed by atoms with E-state index >= 15 is 0 Å². The lowest BCUT2D eigenvalue weighted by atomic mass is 10.3. The van der Waals surface area contributed by atoms with E-state index in [-0.39, 0.29) is 18.9 Å². The van der Waals surface area contributed by atoms with Gasteiger partial charge in [-0.05, 0) is 24.5 Å². The summed E-state index contributed by atoms with van der Waals surface area (Å²) >= 11 is 0. The van der Waals surface area contributed by atoms with Crippen molar-refractivity contribution in [3.8, 4) is 0 Å². The highest BCUT2D eigenvalue weighted by atomic mass is 32.2. The first kappa shape index (κ1) is 16.0. The van der Waals surface area contributed by atoms with Crippen molar-refractivity contribution in [2.45, 2.75) is 32.2 Å². The lowest BCUT2D eigenvalue weighted by Crippen LogP contribution is -2.31. The SMILES string of the molecule is C[C@H]1C[C@H]1c1ccc(CN(C)C(=O)CCNS(C)(=O)=O)o1. The molecule has 1 amide bonds. The number of nitrogens with one attached hydrogen (secondary N) is 1. The first-order valence-electron chi connectivity index (χ1n) is 7.03. The summed E-state index contributed by atoms with van der Waals surface area (Å²) < 4.78 is 29.9. The first-order chi connectivity index (χ1) is 9.76. The molecule has 118 valence electrons. The summed E-state index contributed by atoms with van der Waals surface area (Å²) in [7, 11) is -1.56. The smallest absolute Gasteiger partial charge is 0.224 e. The molecule has 1 aliphatic rings. The topological polar surface area (TPSA) is 79.6 Å². The number of hydrogen-bond donors (Lipinski definition) is 1. The molecule has 1 saturated carbocycles. The number of hydrogen-bond acceptors (Lipinski definition) is 4. The Kier molecular flexibility index (Phi) is 4.73. The lowest BCUT2D eigenvalue weighted by molar-refractivity contribution is -0.130. The number of carbonyl (C=O) groups excluding carboxylic acids is 1. The van der Waals surface area contributed by atoms with Gasteiger partial charge in [-0.3, -0.25) is 4.79 Å². The molecule has 1 aromatic rings. The molecule has 1 N–H and O–H groups in total. The molecular formula is C14H22N2O4S. The zero-order valence-electron chi connectivity index (χ0n) is 12.6. The van der Waals surface area contributed by atoms with E-state index in [1.54, 1.807) is 11.9 Å². The molecule has 2 atom stereocenters. The van der Waals surface area contributed by atoms with E-state index in [0.29, 0.717) is 18.4 Å². The van der Waals surface area contributed by atoms with Crippen LogP contribution in [0.3, 0.4) is 0 Å². The van der Waals surface area contributed by atoms with Crippen molar-refractivity contribution >= 4 is 15.9 Å². The predicted octanol–water partition coefficient (Wildman–Crippen LogP) is 1.30. The predicted molar refractivity (Wildman–Crippen MR) is 79.2 cm³/mol. The van der Waals surface area contributed by atoms with Gasteiger partial charge in [0, 0.05) is 25.9 Å². The fourth-order valence-electron chi connectivity index (χ4n) is 2.25. The summed E-state index contributed by atoms with van der Waals surface area (Å²) in [6.07, 6.45) is 2.38. The zero-order chi connectivity index (χ0) is 15.6. The number of nitrogens with zero attached hydrogens (tertiary/aromatic N) is 1. The third-order valence-corrected chi connectivity index (χ3v) is 4.41. The fraction of sp³-hybridized carbons (Fsp3) is 0.643. The normalized spacial score (nSPS) is 21.3. The third kappa shape index (κ3) is 4.86. The Morgan fingerprint density at radius 1 is 1.48 bits per heavy atom. The van der Waals surface area contributed by atoms with Crippen LogP contribution in [0.15, 0.2) is 16.5 Å². The Labute approximate surface area is 125 Å². The van der Waals surface area contributed by atoms with E-state index in [1.165, 1.54) is 6.42 Å². The van der Waals surface area contributed by atoms with Crippen molar-refractivity contribution in [1.29, 1.82) is 0 Å². The van der Waals surface area contributed by atoms with Gasteiger partial charge in [-0.25, -0.2) is 13.1 Å². The molecule has 21 heavy (non-hydrogen) atoms. The van der Waals surface area contributed by atoms with Gasteiger partial charge >= 0.3 is 0 Å². The Morgan fingerprint density at radius 2 is 2.14 bits per heavy atom. The maximum Gasteiger partial charge on any atom is 0.224 e. The monoisotopic (exact) mass is 314 g/mol. The van der Waals surface area contributed by atoms with Crippen LogP contribution in [0.4, 0.5) is 0 Å². The minimum Gasteiger partial charge on any atom is -0.464 e. The van der Waals surface area contributed by atoms with E-state index in [0.717, 1.165) is 17.8 Å². The molecule has 0 unspecified atom stereocenters. The van der Waals surface area contributed by atoms with Crippen LogP contribution in [0.1, 0.15) is 37.2 Å². The summed E-state index contributed by atoms with van der Waals surface area (Å²) in [5, 5.41) is 0. The Bertz CT molecular complexity index is 608. The number of carbonyl (C=O) groups is 1. The molecule has 0 radical (unpaired) electrons. The van der Waals surface area contributed by atoms with Gasteiger partial charge in [0.1, 0.15) is 11.5 Å². The largest absolute Gasteiger partial charge is 0.464 e. The fourth-order valence-corrected chi connectivity index (χ4v) is 2.73. The standard InChI is InChI=1S/C14H22N2O4S/c1-10-8-12(10)13-5-4-11(20-13)9-16(2)14(17)6-7-15-21(3,18)19/h4-5,10,12,15H,6-9H2,1-3H3/t10-,12+/m0/s1. The summed E-state index contributed by atoms with van der Waals surface area (Å²) in [5.41, 5.74) is 0. The Morgan fingerprint density at radius 3 is 2.71 bits per heavy atom. The molecule has 1 aliphatic carbocycles. The molecule has 0 aromatic carbocycles. The highest BCUT2D eigenvalue weighted by Gasteiger charge is 2.36. The maximum absolute atomic E-state index is 11.9. The second-order valence-corrected chi connectivity index (χ2v) is 7.62. The second kappa shape index (κ2) is 6.19. The van der Waals surface area contributed by atoms with Crippen LogP contribution in [0.25, 0.3) is 0 Å². The Hall–Kier alpha value is -1.34. The summed E-state index contributed by atoms with van der Waals surface area (Å²) in [4.78, 5) is 13.4. The summed E-state index contributed by atoms with van der Waals surface area (Å²) in [5.74, 6) is 2.85. The van der Waals surface area contributed by atoms with Crippen LogP contribution in [0, 0.1) is 5.92 Å². The summed E-state index contributed by atoms with van der Waals surface area (Å²) in [6, 6.07) is 3.88. The van der Waals surface area contributed by atoms with Crippen LogP contribution >= 0.6 is 0 Å². The van der Waals surface area contributed by atoms with Crippen molar-refractivity contribution < 1.29 is 17.6 Å². The molecular weight excluding hydrogens is 292 g/mol. The van der Waals surface area contributed by atoms with E-state index in [9.17, 15) is 13.2 Å². The van der Waals surface area contributed by atoms with Gasteiger partial charge in [0.25, 0.3) is 0 Å². The van der Waals surface area contributed by atoms with Gasteiger partial charge in [0.2, 0.25) is 15.9 Å². The Balaban J connectivity index is 1.79. The van der Waals surface area contributed by atoms with Gasteiger partial charge in [-0.1, -0.05) is 6.92 Å². The summed E-state index contributed by atoms with van der Waals surface area (Å²) in [6.45, 7) is 2.71. The molecule has 0 aliphatic heterocycles. The number of amides is 1. The van der Waals surface area contributed by atoms with Crippen molar-refractivity contribution in [3.63, 3.8) is 0 Å². The molecule has 6 nitrogen and oxygen atoms in total. The minimum atomic E-state index is -3.25. The molecule has 7 heteroatoms. The highest BCUT2D eigenvalue weighted by molar-refractivity contribution is 7.88. The van der Waals surface area contributed by atoms with Crippen molar-refractivity contribution in [2.75, 3.05) is 19.8 Å². The number of sulfonamides is 1. The van der Waals surface area contributed by atoms with Gasteiger partial charge in [0.05, 0.1) is 12.8 Å². The average Bonchev–Trinajstić information content (AvgIpc) is 2.92. The van der Waals surface area contributed by atoms with Gasteiger partial charge in [0.15, 0.2) is 0 Å². The quantitative estimate of drug-likeness (QED) is 0.822. The third-order valence-electron chi connectivity index (χ3n) is 3.68. The van der Waals surface area contributed by atoms with Gasteiger partial charge in [-0.2, -0.15) is 0 Å². The van der Waals surface area contributed by atoms with Crippen LogP contribution in [0.2, 0.25) is 0 Å². The van der Waals surface area contributed by atoms with Crippen LogP contribution in [-0.4, -0.2) is 39.1 Å². The van der Waals surface area contributed by atoms with Crippen molar-refractivity contribution in [2.24, 2.45) is 5.92 Å². The molecule has 2 rings (SSSR count). The molecule has 0 spiro atoms. The van der Waals surface area contributed by atoms with Crippen molar-refractivity contribution in [3.05, 3.63) is 23.7 Å². The van der Waals surface area contributed by atoms with E-state index in [2.05, 4.69) is 11.6 Å². The highest BCUT2D eigenvalue weighted by Crippen LogP contribution is 2.47. The van der Waals surface area contributed by atoms with Crippen LogP contribution < -0.4 is 4.72 Å².